The second-order valence-electron chi connectivity index (χ2n) is 7.33. The van der Waals surface area contributed by atoms with Crippen LogP contribution in [0.5, 0.6) is 0 Å². The van der Waals surface area contributed by atoms with Crippen LogP contribution in [-0.4, -0.2) is 33.7 Å². The number of nitrogens with one attached hydrogen (secondary N) is 1. The summed E-state index contributed by atoms with van der Waals surface area (Å²) in [6, 6.07) is 18.1. The van der Waals surface area contributed by atoms with Crippen molar-refractivity contribution in [1.82, 2.24) is 0 Å². The third-order valence-corrected chi connectivity index (χ3v) is 6.59. The molecule has 3 aromatic carbocycles. The van der Waals surface area contributed by atoms with Gasteiger partial charge in [-0.1, -0.05) is 35.9 Å². The van der Waals surface area contributed by atoms with Gasteiger partial charge in [-0.25, -0.2) is 13.2 Å². The third kappa shape index (κ3) is 5.71. The van der Waals surface area contributed by atoms with Gasteiger partial charge in [0.2, 0.25) is 10.0 Å². The molecule has 0 atom stereocenters. The summed E-state index contributed by atoms with van der Waals surface area (Å²) in [4.78, 5) is 24.6. The zero-order valence-corrected chi connectivity index (χ0v) is 19.9. The Labute approximate surface area is 198 Å². The molecule has 0 fully saturated rings. The number of sulfonamides is 1. The molecule has 0 heterocycles. The molecule has 1 amide bonds. The zero-order valence-electron chi connectivity index (χ0n) is 18.3. The van der Waals surface area contributed by atoms with Gasteiger partial charge in [0, 0.05) is 16.3 Å². The molecule has 0 aliphatic heterocycles. The lowest BCUT2D eigenvalue weighted by Gasteiger charge is -2.23. The van der Waals surface area contributed by atoms with E-state index in [2.05, 4.69) is 5.32 Å². The average molecular weight is 487 g/mol. The number of nitrogens with zero attached hydrogens (tertiary/aromatic N) is 1. The summed E-state index contributed by atoms with van der Waals surface area (Å²) >= 11 is 6.20. The largest absolute Gasteiger partial charge is 0.465 e. The van der Waals surface area contributed by atoms with E-state index in [0.717, 1.165) is 6.26 Å². The molecule has 0 aromatic heterocycles. The molecule has 0 radical (unpaired) electrons. The van der Waals surface area contributed by atoms with Gasteiger partial charge in [-0.05, 0) is 60.5 Å². The predicted octanol–water partition coefficient (Wildman–Crippen LogP) is 4.65. The zero-order chi connectivity index (χ0) is 24.2. The minimum absolute atomic E-state index is 0.0591. The van der Waals surface area contributed by atoms with Crippen molar-refractivity contribution in [1.29, 1.82) is 0 Å². The van der Waals surface area contributed by atoms with E-state index in [9.17, 15) is 18.0 Å². The summed E-state index contributed by atoms with van der Waals surface area (Å²) in [5.74, 6) is -0.893. The molecule has 0 saturated heterocycles. The highest BCUT2D eigenvalue weighted by atomic mass is 35.5. The van der Waals surface area contributed by atoms with Crippen molar-refractivity contribution in [2.45, 2.75) is 13.5 Å². The van der Waals surface area contributed by atoms with Gasteiger partial charge >= 0.3 is 5.97 Å². The normalized spacial score (nSPS) is 11.0. The van der Waals surface area contributed by atoms with Gasteiger partial charge in [0.05, 0.1) is 31.2 Å². The molecule has 0 spiro atoms. The van der Waals surface area contributed by atoms with Crippen LogP contribution in [0.15, 0.2) is 66.7 Å². The Bertz CT molecular complexity index is 1290. The third-order valence-electron chi connectivity index (χ3n) is 5.08. The van der Waals surface area contributed by atoms with Gasteiger partial charge in [-0.3, -0.25) is 9.10 Å². The van der Waals surface area contributed by atoms with Gasteiger partial charge in [0.15, 0.2) is 0 Å². The molecule has 0 aliphatic rings. The standard InChI is InChI=1S/C24H23ClN2O5S/c1-16-20(24(29)32-2)8-6-10-22(16)26-23(28)17-11-13-19(14-12-17)27(33(3,30)31)15-18-7-4-5-9-21(18)25/h4-14H,15H2,1-3H3,(H,26,28). The van der Waals surface area contributed by atoms with E-state index >= 15 is 0 Å². The molecule has 3 rings (SSSR count). The van der Waals surface area contributed by atoms with Crippen molar-refractivity contribution in [3.05, 3.63) is 94.0 Å². The fourth-order valence-corrected chi connectivity index (χ4v) is 4.33. The minimum Gasteiger partial charge on any atom is -0.465 e. The summed E-state index contributed by atoms with van der Waals surface area (Å²) in [7, 11) is -2.31. The van der Waals surface area contributed by atoms with E-state index < -0.39 is 21.9 Å². The van der Waals surface area contributed by atoms with E-state index in [0.29, 0.717) is 38.7 Å². The second-order valence-corrected chi connectivity index (χ2v) is 9.65. The number of halogens is 1. The molecule has 0 bridgehead atoms. The Morgan fingerprint density at radius 2 is 1.67 bits per heavy atom. The first-order valence-corrected chi connectivity index (χ1v) is 12.1. The van der Waals surface area contributed by atoms with Crippen LogP contribution in [0.25, 0.3) is 0 Å². The van der Waals surface area contributed by atoms with Crippen molar-refractivity contribution in [3.8, 4) is 0 Å². The van der Waals surface area contributed by atoms with E-state index in [1.807, 2.05) is 0 Å². The quantitative estimate of drug-likeness (QED) is 0.490. The van der Waals surface area contributed by atoms with E-state index in [1.54, 1.807) is 61.5 Å². The number of anilines is 2. The lowest BCUT2D eigenvalue weighted by molar-refractivity contribution is 0.0599. The maximum Gasteiger partial charge on any atom is 0.338 e. The SMILES string of the molecule is COC(=O)c1cccc(NC(=O)c2ccc(N(Cc3ccccc3Cl)S(C)(=O)=O)cc2)c1C. The topological polar surface area (TPSA) is 92.8 Å². The highest BCUT2D eigenvalue weighted by Crippen LogP contribution is 2.25. The Kier molecular flexibility index (Phi) is 7.40. The smallest absolute Gasteiger partial charge is 0.338 e. The Morgan fingerprint density at radius 1 is 1.00 bits per heavy atom. The van der Waals surface area contributed by atoms with Gasteiger partial charge in [-0.15, -0.1) is 0 Å². The fourth-order valence-electron chi connectivity index (χ4n) is 3.26. The van der Waals surface area contributed by atoms with Crippen LogP contribution in [0, 0.1) is 6.92 Å². The van der Waals surface area contributed by atoms with Crippen molar-refractivity contribution < 1.29 is 22.7 Å². The number of carbonyl (C=O) groups is 2. The molecule has 1 N–H and O–H groups in total. The lowest BCUT2D eigenvalue weighted by atomic mass is 10.1. The Hall–Kier alpha value is -3.36. The molecule has 9 heteroatoms. The molecule has 33 heavy (non-hydrogen) atoms. The van der Waals surface area contributed by atoms with Crippen LogP contribution in [0.1, 0.15) is 31.8 Å². The number of hydrogen-bond donors (Lipinski definition) is 1. The summed E-state index contributed by atoms with van der Waals surface area (Å²) in [5, 5.41) is 3.24. The van der Waals surface area contributed by atoms with Crippen LogP contribution in [-0.2, 0) is 21.3 Å². The first-order valence-electron chi connectivity index (χ1n) is 9.92. The monoisotopic (exact) mass is 486 g/mol. The minimum atomic E-state index is -3.61. The van der Waals surface area contributed by atoms with Crippen LogP contribution in [0.4, 0.5) is 11.4 Å². The molecule has 172 valence electrons. The van der Waals surface area contributed by atoms with Crippen molar-refractivity contribution >= 4 is 44.9 Å². The lowest BCUT2D eigenvalue weighted by Crippen LogP contribution is -2.29. The predicted molar refractivity (Wildman–Crippen MR) is 129 cm³/mol. The fraction of sp³-hybridized carbons (Fsp3) is 0.167. The number of rotatable bonds is 7. The highest BCUT2D eigenvalue weighted by molar-refractivity contribution is 7.92. The Balaban J connectivity index is 1.83. The summed E-state index contributed by atoms with van der Waals surface area (Å²) < 4.78 is 30.8. The van der Waals surface area contributed by atoms with E-state index in [4.69, 9.17) is 16.3 Å². The second kappa shape index (κ2) is 10.1. The number of ether oxygens (including phenoxy) is 1. The van der Waals surface area contributed by atoms with Gasteiger partial charge < -0.3 is 10.1 Å². The van der Waals surface area contributed by atoms with Crippen LogP contribution in [0.3, 0.4) is 0 Å². The van der Waals surface area contributed by atoms with Crippen molar-refractivity contribution in [3.63, 3.8) is 0 Å². The number of esters is 1. The molecule has 7 nitrogen and oxygen atoms in total. The van der Waals surface area contributed by atoms with Gasteiger partial charge in [0.25, 0.3) is 5.91 Å². The summed E-state index contributed by atoms with van der Waals surface area (Å²) in [6.45, 7) is 1.77. The van der Waals surface area contributed by atoms with Crippen LogP contribution in [0.2, 0.25) is 5.02 Å². The number of methoxy groups -OCH3 is 1. The van der Waals surface area contributed by atoms with E-state index in [1.165, 1.54) is 23.5 Å². The van der Waals surface area contributed by atoms with Crippen LogP contribution < -0.4 is 9.62 Å². The number of benzene rings is 3. The van der Waals surface area contributed by atoms with Crippen molar-refractivity contribution in [2.75, 3.05) is 23.0 Å². The molecule has 0 unspecified atom stereocenters. The summed E-state index contributed by atoms with van der Waals surface area (Å²) in [6.07, 6.45) is 1.11. The van der Waals surface area contributed by atoms with Crippen LogP contribution >= 0.6 is 11.6 Å². The van der Waals surface area contributed by atoms with Gasteiger partial charge in [0.1, 0.15) is 0 Å². The highest BCUT2D eigenvalue weighted by Gasteiger charge is 2.20. The molecule has 0 saturated carbocycles. The maximum atomic E-state index is 12.8. The molecule has 0 aliphatic carbocycles. The first-order chi connectivity index (χ1) is 15.6. The number of carbonyl (C=O) groups excluding carboxylic acids is 2. The van der Waals surface area contributed by atoms with Crippen molar-refractivity contribution in [2.24, 2.45) is 0 Å². The molecule has 3 aromatic rings. The first kappa shape index (κ1) is 24.3. The molecular weight excluding hydrogens is 464 g/mol. The Morgan fingerprint density at radius 3 is 2.27 bits per heavy atom. The van der Waals surface area contributed by atoms with E-state index in [-0.39, 0.29) is 6.54 Å². The summed E-state index contributed by atoms with van der Waals surface area (Å²) in [5.41, 5.74) is 2.80. The average Bonchev–Trinajstić information content (AvgIpc) is 2.78. The van der Waals surface area contributed by atoms with Gasteiger partial charge in [-0.2, -0.15) is 0 Å². The number of hydrogen-bond acceptors (Lipinski definition) is 5. The maximum absolute atomic E-state index is 12.8. The molecular formula is C24H23ClN2O5S. The number of amides is 1.